The SMILES string of the molecule is C/C(=C\C#N)N1C(=O)c2ccc(C(=O)Nc3ccc(C(=O)Nc4nccs4)cc3)cc2C1=O. The second kappa shape index (κ2) is 8.86. The van der Waals surface area contributed by atoms with Gasteiger partial charge in [0.05, 0.1) is 17.2 Å². The van der Waals surface area contributed by atoms with Gasteiger partial charge in [-0.2, -0.15) is 5.26 Å². The van der Waals surface area contributed by atoms with Crippen molar-refractivity contribution in [3.8, 4) is 6.07 Å². The van der Waals surface area contributed by atoms with Gasteiger partial charge in [-0.05, 0) is 49.4 Å². The van der Waals surface area contributed by atoms with Gasteiger partial charge in [-0.3, -0.25) is 24.5 Å². The van der Waals surface area contributed by atoms with E-state index < -0.39 is 17.7 Å². The van der Waals surface area contributed by atoms with Crippen molar-refractivity contribution in [1.29, 1.82) is 5.26 Å². The Morgan fingerprint density at radius 2 is 1.67 bits per heavy atom. The number of thiazole rings is 1. The van der Waals surface area contributed by atoms with Crippen molar-refractivity contribution in [3.05, 3.63) is 88.1 Å². The Morgan fingerprint density at radius 1 is 1.00 bits per heavy atom. The third kappa shape index (κ3) is 4.26. The highest BCUT2D eigenvalue weighted by atomic mass is 32.1. The second-order valence-corrected chi connectivity index (χ2v) is 7.84. The summed E-state index contributed by atoms with van der Waals surface area (Å²) in [7, 11) is 0. The summed E-state index contributed by atoms with van der Waals surface area (Å²) in [5, 5.41) is 16.4. The molecule has 4 rings (SSSR count). The minimum absolute atomic E-state index is 0.0903. The van der Waals surface area contributed by atoms with E-state index in [9.17, 15) is 19.2 Å². The van der Waals surface area contributed by atoms with Crippen LogP contribution in [0.2, 0.25) is 0 Å². The fraction of sp³-hybridized carbons (Fsp3) is 0.0435. The van der Waals surface area contributed by atoms with Gasteiger partial charge < -0.3 is 5.32 Å². The number of hydrogen-bond acceptors (Lipinski definition) is 7. The molecule has 162 valence electrons. The second-order valence-electron chi connectivity index (χ2n) is 6.94. The molecule has 0 spiro atoms. The van der Waals surface area contributed by atoms with Crippen LogP contribution in [0.15, 0.2) is 65.8 Å². The van der Waals surface area contributed by atoms with E-state index in [4.69, 9.17) is 5.26 Å². The maximum atomic E-state index is 12.7. The number of imide groups is 1. The normalized spacial score (nSPS) is 12.8. The van der Waals surface area contributed by atoms with E-state index in [2.05, 4.69) is 15.6 Å². The molecule has 0 saturated heterocycles. The van der Waals surface area contributed by atoms with Crippen molar-refractivity contribution in [1.82, 2.24) is 9.88 Å². The first-order valence-corrected chi connectivity index (χ1v) is 10.5. The predicted molar refractivity (Wildman–Crippen MR) is 121 cm³/mol. The number of carbonyl (C=O) groups is 4. The number of amides is 4. The number of rotatable bonds is 5. The van der Waals surface area contributed by atoms with Crippen molar-refractivity contribution >= 4 is 45.8 Å². The lowest BCUT2D eigenvalue weighted by Crippen LogP contribution is -2.27. The van der Waals surface area contributed by atoms with Crippen molar-refractivity contribution in [3.63, 3.8) is 0 Å². The molecule has 9 nitrogen and oxygen atoms in total. The summed E-state index contributed by atoms with van der Waals surface area (Å²) in [4.78, 5) is 55.0. The van der Waals surface area contributed by atoms with Crippen LogP contribution in [0.1, 0.15) is 48.4 Å². The zero-order valence-corrected chi connectivity index (χ0v) is 18.0. The molecule has 0 aliphatic carbocycles. The van der Waals surface area contributed by atoms with Gasteiger partial charge >= 0.3 is 0 Å². The number of nitrogens with zero attached hydrogens (tertiary/aromatic N) is 3. The molecule has 0 fully saturated rings. The molecule has 0 bridgehead atoms. The highest BCUT2D eigenvalue weighted by Gasteiger charge is 2.37. The molecule has 2 N–H and O–H groups in total. The molecule has 0 radical (unpaired) electrons. The van der Waals surface area contributed by atoms with E-state index in [0.29, 0.717) is 16.4 Å². The number of allylic oxidation sites excluding steroid dienone is 2. The van der Waals surface area contributed by atoms with Gasteiger partial charge in [0, 0.05) is 40.2 Å². The summed E-state index contributed by atoms with van der Waals surface area (Å²) in [5.74, 6) is -1.95. The molecule has 4 amide bonds. The third-order valence-corrected chi connectivity index (χ3v) is 5.52. The van der Waals surface area contributed by atoms with Crippen LogP contribution >= 0.6 is 11.3 Å². The molecule has 1 aliphatic rings. The summed E-state index contributed by atoms with van der Waals surface area (Å²) in [5.41, 5.74) is 1.48. The number of anilines is 2. The van der Waals surface area contributed by atoms with Crippen LogP contribution in [0.5, 0.6) is 0 Å². The first-order valence-electron chi connectivity index (χ1n) is 9.60. The zero-order valence-electron chi connectivity index (χ0n) is 17.2. The largest absolute Gasteiger partial charge is 0.322 e. The average Bonchev–Trinajstić information content (AvgIpc) is 3.40. The number of carbonyl (C=O) groups excluding carboxylic acids is 4. The monoisotopic (exact) mass is 457 g/mol. The lowest BCUT2D eigenvalue weighted by atomic mass is 10.1. The molecule has 0 unspecified atom stereocenters. The van der Waals surface area contributed by atoms with Gasteiger partial charge in [-0.15, -0.1) is 11.3 Å². The average molecular weight is 457 g/mol. The lowest BCUT2D eigenvalue weighted by Gasteiger charge is -2.12. The summed E-state index contributed by atoms with van der Waals surface area (Å²) in [6, 6.07) is 12.3. The van der Waals surface area contributed by atoms with E-state index in [1.807, 2.05) is 0 Å². The van der Waals surface area contributed by atoms with Crippen LogP contribution in [0.4, 0.5) is 10.8 Å². The highest BCUT2D eigenvalue weighted by molar-refractivity contribution is 7.13. The Morgan fingerprint density at radius 3 is 2.33 bits per heavy atom. The third-order valence-electron chi connectivity index (χ3n) is 4.83. The molecule has 10 heteroatoms. The van der Waals surface area contributed by atoms with Crippen LogP contribution in [0.3, 0.4) is 0 Å². The number of nitriles is 1. The molecule has 33 heavy (non-hydrogen) atoms. The molecule has 0 saturated carbocycles. The molecule has 3 aromatic rings. The molecular formula is C23H15N5O4S. The smallest absolute Gasteiger partial charge is 0.265 e. The van der Waals surface area contributed by atoms with Crippen LogP contribution < -0.4 is 10.6 Å². The number of aromatic nitrogens is 1. The number of fused-ring (bicyclic) bond motifs is 1. The Balaban J connectivity index is 1.48. The first kappa shape index (κ1) is 21.6. The van der Waals surface area contributed by atoms with Crippen molar-refractivity contribution in [2.45, 2.75) is 6.92 Å². The summed E-state index contributed by atoms with van der Waals surface area (Å²) in [6.45, 7) is 1.49. The molecule has 1 aromatic heterocycles. The molecule has 2 heterocycles. The Hall–Kier alpha value is -4.62. The van der Waals surface area contributed by atoms with E-state index in [1.54, 1.807) is 41.9 Å². The van der Waals surface area contributed by atoms with Crippen molar-refractivity contribution in [2.75, 3.05) is 10.6 Å². The minimum atomic E-state index is -0.593. The highest BCUT2D eigenvalue weighted by Crippen LogP contribution is 2.27. The maximum Gasteiger partial charge on any atom is 0.265 e. The lowest BCUT2D eigenvalue weighted by molar-refractivity contribution is 0.0704. The number of hydrogen-bond donors (Lipinski definition) is 2. The fourth-order valence-corrected chi connectivity index (χ4v) is 3.75. The summed E-state index contributed by atoms with van der Waals surface area (Å²) in [6.07, 6.45) is 2.69. The summed E-state index contributed by atoms with van der Waals surface area (Å²) >= 11 is 1.30. The maximum absolute atomic E-state index is 12.7. The van der Waals surface area contributed by atoms with Crippen LogP contribution in [-0.4, -0.2) is 33.5 Å². The van der Waals surface area contributed by atoms with Gasteiger partial charge in [0.2, 0.25) is 0 Å². The van der Waals surface area contributed by atoms with Crippen molar-refractivity contribution < 1.29 is 19.2 Å². The molecule has 0 atom stereocenters. The van der Waals surface area contributed by atoms with E-state index in [0.717, 1.165) is 11.0 Å². The van der Waals surface area contributed by atoms with Gasteiger partial charge in [-0.1, -0.05) is 0 Å². The number of nitrogens with one attached hydrogen (secondary N) is 2. The fourth-order valence-electron chi connectivity index (χ4n) is 3.22. The van der Waals surface area contributed by atoms with Gasteiger partial charge in [0.15, 0.2) is 5.13 Å². The van der Waals surface area contributed by atoms with Gasteiger partial charge in [0.25, 0.3) is 23.6 Å². The van der Waals surface area contributed by atoms with E-state index in [-0.39, 0.29) is 28.3 Å². The summed E-state index contributed by atoms with van der Waals surface area (Å²) < 4.78 is 0. The van der Waals surface area contributed by atoms with E-state index >= 15 is 0 Å². The van der Waals surface area contributed by atoms with Crippen LogP contribution in [0, 0.1) is 11.3 Å². The van der Waals surface area contributed by atoms with Crippen LogP contribution in [0.25, 0.3) is 0 Å². The molecular weight excluding hydrogens is 442 g/mol. The first-order chi connectivity index (χ1) is 15.9. The van der Waals surface area contributed by atoms with Crippen molar-refractivity contribution in [2.24, 2.45) is 0 Å². The van der Waals surface area contributed by atoms with Crippen LogP contribution in [-0.2, 0) is 0 Å². The Bertz CT molecular complexity index is 1350. The van der Waals surface area contributed by atoms with E-state index in [1.165, 1.54) is 36.5 Å². The number of benzene rings is 2. The minimum Gasteiger partial charge on any atom is -0.322 e. The zero-order chi connectivity index (χ0) is 23.5. The van der Waals surface area contributed by atoms with Gasteiger partial charge in [0.1, 0.15) is 0 Å². The standard InChI is InChI=1S/C23H15N5O4S/c1-13(8-9-24)28-21(31)17-7-4-15(12-18(17)22(28)32)20(30)26-16-5-2-14(3-6-16)19(29)27-23-25-10-11-33-23/h2-8,10-12H,1H3,(H,26,30)(H,25,27,29)/b13-8+. The molecule has 1 aliphatic heterocycles. The quantitative estimate of drug-likeness (QED) is 0.444. The van der Waals surface area contributed by atoms with Gasteiger partial charge in [-0.25, -0.2) is 9.88 Å². The Labute approximate surface area is 192 Å². The predicted octanol–water partition coefficient (Wildman–Crippen LogP) is 3.67. The topological polar surface area (TPSA) is 132 Å². The Kier molecular flexibility index (Phi) is 5.80. The molecule has 2 aromatic carbocycles.